The van der Waals surface area contributed by atoms with Gasteiger partial charge in [-0.1, -0.05) is 12.2 Å². The minimum Gasteiger partial charge on any atom is -0.481 e. The van der Waals surface area contributed by atoms with Crippen molar-refractivity contribution in [2.75, 3.05) is 6.61 Å². The van der Waals surface area contributed by atoms with Crippen LogP contribution >= 0.6 is 0 Å². The monoisotopic (exact) mass is 252 g/mol. The first-order chi connectivity index (χ1) is 8.72. The molecule has 4 atom stereocenters. The number of hydrogen-bond acceptors (Lipinski definition) is 2. The molecule has 0 saturated heterocycles. The third kappa shape index (κ3) is 3.14. The van der Waals surface area contributed by atoms with Crippen molar-refractivity contribution in [3.63, 3.8) is 0 Å². The van der Waals surface area contributed by atoms with Crippen LogP contribution in [-0.2, 0) is 4.79 Å². The van der Waals surface area contributed by atoms with Crippen LogP contribution in [0.1, 0.15) is 44.9 Å². The summed E-state index contributed by atoms with van der Waals surface area (Å²) >= 11 is 0. The number of aliphatic hydroxyl groups excluding tert-OH is 1. The number of fused-ring (bicyclic) bond motifs is 2. The highest BCUT2D eigenvalue weighted by molar-refractivity contribution is 5.66. The number of allylic oxidation sites excluding steroid dienone is 2. The molecule has 0 aromatic heterocycles. The van der Waals surface area contributed by atoms with Crippen LogP contribution in [-0.4, -0.2) is 22.8 Å². The summed E-state index contributed by atoms with van der Waals surface area (Å²) < 4.78 is 0. The number of rotatable bonds is 7. The molecule has 2 aliphatic carbocycles. The fourth-order valence-corrected chi connectivity index (χ4v) is 3.82. The Labute approximate surface area is 109 Å². The second kappa shape index (κ2) is 6.37. The zero-order valence-electron chi connectivity index (χ0n) is 10.9. The Morgan fingerprint density at radius 2 is 2.00 bits per heavy atom. The highest BCUT2D eigenvalue weighted by Crippen LogP contribution is 2.52. The number of hydrogen-bond donors (Lipinski definition) is 2. The molecule has 0 amide bonds. The van der Waals surface area contributed by atoms with Gasteiger partial charge in [0.05, 0.1) is 0 Å². The zero-order valence-corrected chi connectivity index (χ0v) is 10.9. The van der Waals surface area contributed by atoms with Gasteiger partial charge in [-0.25, -0.2) is 0 Å². The van der Waals surface area contributed by atoms with Crippen molar-refractivity contribution >= 4 is 5.97 Å². The number of carbonyl (C=O) groups is 1. The topological polar surface area (TPSA) is 57.5 Å². The van der Waals surface area contributed by atoms with Gasteiger partial charge in [-0.05, 0) is 62.2 Å². The van der Waals surface area contributed by atoms with Crippen LogP contribution in [0.2, 0.25) is 0 Å². The SMILES string of the molecule is O=C(O)CCCC/C=C\[C@@H]1[C@@H]2CC[C@@H](C2)[C@@H]1CO. The molecular weight excluding hydrogens is 228 g/mol. The molecule has 0 spiro atoms. The maximum Gasteiger partial charge on any atom is 0.303 e. The van der Waals surface area contributed by atoms with E-state index in [0.717, 1.165) is 31.1 Å². The summed E-state index contributed by atoms with van der Waals surface area (Å²) in [4.78, 5) is 10.4. The van der Waals surface area contributed by atoms with Crippen molar-refractivity contribution in [1.82, 2.24) is 0 Å². The van der Waals surface area contributed by atoms with Gasteiger partial charge in [-0.2, -0.15) is 0 Å². The van der Waals surface area contributed by atoms with E-state index in [1.807, 2.05) is 0 Å². The van der Waals surface area contributed by atoms with E-state index in [-0.39, 0.29) is 6.42 Å². The second-order valence-corrected chi connectivity index (χ2v) is 5.82. The molecule has 3 heteroatoms. The summed E-state index contributed by atoms with van der Waals surface area (Å²) in [6, 6.07) is 0. The predicted octanol–water partition coefficient (Wildman–Crippen LogP) is 2.84. The highest BCUT2D eigenvalue weighted by atomic mass is 16.4. The lowest BCUT2D eigenvalue weighted by Crippen LogP contribution is -2.23. The van der Waals surface area contributed by atoms with Crippen LogP contribution in [0, 0.1) is 23.7 Å². The van der Waals surface area contributed by atoms with Crippen LogP contribution in [0.3, 0.4) is 0 Å². The van der Waals surface area contributed by atoms with Crippen molar-refractivity contribution in [2.24, 2.45) is 23.7 Å². The van der Waals surface area contributed by atoms with Crippen molar-refractivity contribution < 1.29 is 15.0 Å². The Bertz CT molecular complexity index is 311. The minimum absolute atomic E-state index is 0.279. The van der Waals surface area contributed by atoms with Crippen molar-refractivity contribution in [3.8, 4) is 0 Å². The molecule has 2 N–H and O–H groups in total. The van der Waals surface area contributed by atoms with Crippen molar-refractivity contribution in [3.05, 3.63) is 12.2 Å². The van der Waals surface area contributed by atoms with Crippen molar-refractivity contribution in [2.45, 2.75) is 44.9 Å². The number of carboxylic acid groups (broad SMARTS) is 1. The molecule has 2 saturated carbocycles. The van der Waals surface area contributed by atoms with Crippen LogP contribution < -0.4 is 0 Å². The molecule has 18 heavy (non-hydrogen) atoms. The summed E-state index contributed by atoms with van der Waals surface area (Å²) in [5.41, 5.74) is 0. The quantitative estimate of drug-likeness (QED) is 0.541. The number of carboxylic acids is 1. The molecule has 0 radical (unpaired) electrons. The molecule has 0 unspecified atom stereocenters. The smallest absolute Gasteiger partial charge is 0.303 e. The molecule has 0 aromatic carbocycles. The maximum atomic E-state index is 10.4. The van der Waals surface area contributed by atoms with E-state index in [2.05, 4.69) is 12.2 Å². The van der Waals surface area contributed by atoms with Gasteiger partial charge in [0.2, 0.25) is 0 Å². The van der Waals surface area contributed by atoms with Crippen molar-refractivity contribution in [1.29, 1.82) is 0 Å². The molecule has 2 bridgehead atoms. The van der Waals surface area contributed by atoms with E-state index in [0.29, 0.717) is 18.4 Å². The second-order valence-electron chi connectivity index (χ2n) is 5.82. The number of aliphatic hydroxyl groups is 1. The molecular formula is C15H24O3. The highest BCUT2D eigenvalue weighted by Gasteiger charge is 2.45. The van der Waals surface area contributed by atoms with Crippen LogP contribution in [0.15, 0.2) is 12.2 Å². The molecule has 2 aliphatic rings. The largest absolute Gasteiger partial charge is 0.481 e. The van der Waals surface area contributed by atoms with E-state index in [1.165, 1.54) is 19.3 Å². The molecule has 0 heterocycles. The summed E-state index contributed by atoms with van der Waals surface area (Å²) in [5, 5.41) is 18.0. The van der Waals surface area contributed by atoms with E-state index in [4.69, 9.17) is 5.11 Å². The van der Waals surface area contributed by atoms with Gasteiger partial charge in [-0.15, -0.1) is 0 Å². The normalized spacial score (nSPS) is 34.5. The fraction of sp³-hybridized carbons (Fsp3) is 0.800. The van der Waals surface area contributed by atoms with Gasteiger partial charge < -0.3 is 10.2 Å². The fourth-order valence-electron chi connectivity index (χ4n) is 3.82. The third-order valence-corrected chi connectivity index (χ3v) is 4.74. The third-order valence-electron chi connectivity index (χ3n) is 4.74. The average Bonchev–Trinajstić information content (AvgIpc) is 2.93. The molecule has 2 fully saturated rings. The van der Waals surface area contributed by atoms with Gasteiger partial charge in [0.25, 0.3) is 0 Å². The molecule has 0 aliphatic heterocycles. The van der Waals surface area contributed by atoms with Gasteiger partial charge in [-0.3, -0.25) is 4.79 Å². The Kier molecular flexibility index (Phi) is 4.81. The van der Waals surface area contributed by atoms with Crippen LogP contribution in [0.4, 0.5) is 0 Å². The standard InChI is InChI=1S/C15H24O3/c16-10-14-12-8-7-11(9-12)13(14)5-3-1-2-4-6-15(17)18/h3,5,11-14,16H,1-2,4,6-10H2,(H,17,18)/b5-3-/t11-,12+,13-,14+/m1/s1. The Hall–Kier alpha value is -0.830. The summed E-state index contributed by atoms with van der Waals surface area (Å²) in [7, 11) is 0. The minimum atomic E-state index is -0.701. The Balaban J connectivity index is 1.70. The lowest BCUT2D eigenvalue weighted by atomic mass is 9.79. The van der Waals surface area contributed by atoms with E-state index in [1.54, 1.807) is 0 Å². The molecule has 0 aromatic rings. The van der Waals surface area contributed by atoms with E-state index >= 15 is 0 Å². The summed E-state index contributed by atoms with van der Waals surface area (Å²) in [5.74, 6) is 1.91. The first-order valence-electron chi connectivity index (χ1n) is 7.21. The Morgan fingerprint density at radius 1 is 1.22 bits per heavy atom. The first kappa shape index (κ1) is 13.6. The van der Waals surface area contributed by atoms with E-state index < -0.39 is 5.97 Å². The molecule has 3 nitrogen and oxygen atoms in total. The maximum absolute atomic E-state index is 10.4. The summed E-state index contributed by atoms with van der Waals surface area (Å²) in [6.07, 6.45) is 11.4. The first-order valence-corrected chi connectivity index (χ1v) is 7.21. The lowest BCUT2D eigenvalue weighted by molar-refractivity contribution is -0.137. The van der Waals surface area contributed by atoms with Crippen LogP contribution in [0.5, 0.6) is 0 Å². The predicted molar refractivity (Wildman–Crippen MR) is 70.1 cm³/mol. The lowest BCUT2D eigenvalue weighted by Gasteiger charge is -2.27. The molecule has 2 rings (SSSR count). The van der Waals surface area contributed by atoms with Gasteiger partial charge >= 0.3 is 5.97 Å². The van der Waals surface area contributed by atoms with Gasteiger partial charge in [0, 0.05) is 13.0 Å². The zero-order chi connectivity index (χ0) is 13.0. The Morgan fingerprint density at radius 3 is 2.72 bits per heavy atom. The van der Waals surface area contributed by atoms with Crippen LogP contribution in [0.25, 0.3) is 0 Å². The van der Waals surface area contributed by atoms with Gasteiger partial charge in [0.15, 0.2) is 0 Å². The average molecular weight is 252 g/mol. The summed E-state index contributed by atoms with van der Waals surface area (Å²) in [6.45, 7) is 0.329. The molecule has 102 valence electrons. The van der Waals surface area contributed by atoms with Gasteiger partial charge in [0.1, 0.15) is 0 Å². The van der Waals surface area contributed by atoms with E-state index in [9.17, 15) is 9.90 Å². The number of aliphatic carboxylic acids is 1. The number of unbranched alkanes of at least 4 members (excludes halogenated alkanes) is 2.